The van der Waals surface area contributed by atoms with E-state index < -0.39 is 6.10 Å². The molecule has 1 saturated carbocycles. The van der Waals surface area contributed by atoms with Crippen LogP contribution in [0, 0.1) is 5.92 Å². The Hall–Kier alpha value is -2.04. The third kappa shape index (κ3) is 2.73. The number of fused-ring (bicyclic) bond motifs is 1. The second kappa shape index (κ2) is 5.76. The van der Waals surface area contributed by atoms with Gasteiger partial charge in [0.15, 0.2) is 6.10 Å². The molecule has 1 aliphatic carbocycles. The second-order valence-electron chi connectivity index (χ2n) is 5.70. The molecule has 3 rings (SSSR count). The minimum Gasteiger partial charge on any atom is -0.477 e. The number of carbonyl (C=O) groups excluding carboxylic acids is 2. The lowest BCUT2D eigenvalue weighted by Crippen LogP contribution is -2.50. The molecule has 1 unspecified atom stereocenters. The summed E-state index contributed by atoms with van der Waals surface area (Å²) in [5, 5.41) is 2.86. The van der Waals surface area contributed by atoms with Crippen molar-refractivity contribution in [2.24, 2.45) is 5.92 Å². The Morgan fingerprint density at radius 2 is 2.05 bits per heavy atom. The Kier molecular flexibility index (Phi) is 3.82. The number of benzene rings is 1. The molecular weight excluding hydrogens is 268 g/mol. The summed E-state index contributed by atoms with van der Waals surface area (Å²) in [7, 11) is 1.73. The van der Waals surface area contributed by atoms with Crippen molar-refractivity contribution in [3.8, 4) is 5.75 Å². The van der Waals surface area contributed by atoms with Gasteiger partial charge in [0.2, 0.25) is 5.91 Å². The molecule has 1 aromatic rings. The standard InChI is InChI=1S/C16H20N2O3/c1-18-12-8-4-5-9-13(12)21-14(16(18)20)10-17-15(19)11-6-2-3-7-11/h4-5,8-9,11,14H,2-3,6-7,10H2,1H3,(H,17,19). The largest absolute Gasteiger partial charge is 0.477 e. The maximum atomic E-state index is 12.3. The summed E-state index contributed by atoms with van der Waals surface area (Å²) in [6.07, 6.45) is 3.50. The van der Waals surface area contributed by atoms with Crippen LogP contribution < -0.4 is 15.0 Å². The van der Waals surface area contributed by atoms with Gasteiger partial charge in [-0.05, 0) is 25.0 Å². The SMILES string of the molecule is CN1C(=O)C(CNC(=O)C2CCCC2)Oc2ccccc21. The average Bonchev–Trinajstić information content (AvgIpc) is 3.03. The maximum absolute atomic E-state index is 12.3. The summed E-state index contributed by atoms with van der Waals surface area (Å²) in [6.45, 7) is 0.229. The molecule has 0 bridgehead atoms. The summed E-state index contributed by atoms with van der Waals surface area (Å²) in [5.41, 5.74) is 0.765. The smallest absolute Gasteiger partial charge is 0.269 e. The highest BCUT2D eigenvalue weighted by atomic mass is 16.5. The van der Waals surface area contributed by atoms with E-state index in [-0.39, 0.29) is 24.3 Å². The van der Waals surface area contributed by atoms with Gasteiger partial charge in [-0.25, -0.2) is 0 Å². The third-order valence-electron chi connectivity index (χ3n) is 4.29. The Bertz CT molecular complexity index is 552. The van der Waals surface area contributed by atoms with E-state index in [2.05, 4.69) is 5.32 Å². The van der Waals surface area contributed by atoms with Crippen molar-refractivity contribution < 1.29 is 14.3 Å². The van der Waals surface area contributed by atoms with Gasteiger partial charge in [-0.3, -0.25) is 9.59 Å². The fourth-order valence-electron chi connectivity index (χ4n) is 3.03. The molecule has 1 aliphatic heterocycles. The molecule has 21 heavy (non-hydrogen) atoms. The molecule has 112 valence electrons. The van der Waals surface area contributed by atoms with E-state index in [1.807, 2.05) is 24.3 Å². The van der Waals surface area contributed by atoms with Gasteiger partial charge in [0, 0.05) is 13.0 Å². The van der Waals surface area contributed by atoms with Gasteiger partial charge in [-0.15, -0.1) is 0 Å². The van der Waals surface area contributed by atoms with Crippen molar-refractivity contribution in [1.82, 2.24) is 5.32 Å². The first-order valence-corrected chi connectivity index (χ1v) is 7.48. The van der Waals surface area contributed by atoms with Crippen molar-refractivity contribution in [3.05, 3.63) is 24.3 Å². The van der Waals surface area contributed by atoms with E-state index in [1.165, 1.54) is 0 Å². The zero-order chi connectivity index (χ0) is 14.8. The highest BCUT2D eigenvalue weighted by Crippen LogP contribution is 2.32. The molecule has 1 atom stereocenters. The lowest BCUT2D eigenvalue weighted by Gasteiger charge is -2.32. The molecule has 0 saturated heterocycles. The fourth-order valence-corrected chi connectivity index (χ4v) is 3.03. The molecule has 1 heterocycles. The summed E-state index contributed by atoms with van der Waals surface area (Å²) in [6, 6.07) is 7.43. The quantitative estimate of drug-likeness (QED) is 0.921. The normalized spacial score (nSPS) is 21.9. The Labute approximate surface area is 124 Å². The van der Waals surface area contributed by atoms with E-state index in [9.17, 15) is 9.59 Å². The van der Waals surface area contributed by atoms with Crippen molar-refractivity contribution >= 4 is 17.5 Å². The van der Waals surface area contributed by atoms with Crippen LogP contribution in [0.5, 0.6) is 5.75 Å². The Balaban J connectivity index is 1.64. The predicted octanol–water partition coefficient (Wildman–Crippen LogP) is 1.72. The highest BCUT2D eigenvalue weighted by molar-refractivity contribution is 5.99. The van der Waals surface area contributed by atoms with Gasteiger partial charge in [-0.1, -0.05) is 25.0 Å². The van der Waals surface area contributed by atoms with Gasteiger partial charge in [0.1, 0.15) is 5.75 Å². The molecule has 5 heteroatoms. The number of rotatable bonds is 3. The molecule has 1 aromatic carbocycles. The minimum atomic E-state index is -0.643. The lowest BCUT2D eigenvalue weighted by molar-refractivity contribution is -0.128. The molecule has 1 N–H and O–H groups in total. The van der Waals surface area contributed by atoms with Crippen LogP contribution in [0.25, 0.3) is 0 Å². The van der Waals surface area contributed by atoms with Gasteiger partial charge in [-0.2, -0.15) is 0 Å². The monoisotopic (exact) mass is 288 g/mol. The van der Waals surface area contributed by atoms with Crippen LogP contribution in [0.15, 0.2) is 24.3 Å². The summed E-state index contributed by atoms with van der Waals surface area (Å²) < 4.78 is 5.72. The van der Waals surface area contributed by atoms with Crippen LogP contribution in [0.4, 0.5) is 5.69 Å². The predicted molar refractivity (Wildman–Crippen MR) is 79.2 cm³/mol. The molecule has 2 amide bonds. The maximum Gasteiger partial charge on any atom is 0.269 e. The molecule has 0 radical (unpaired) electrons. The summed E-state index contributed by atoms with van der Waals surface area (Å²) >= 11 is 0. The first kappa shape index (κ1) is 13.9. The van der Waals surface area contributed by atoms with Crippen LogP contribution in [0.3, 0.4) is 0 Å². The number of nitrogens with zero attached hydrogens (tertiary/aromatic N) is 1. The number of likely N-dealkylation sites (N-methyl/N-ethyl adjacent to an activating group) is 1. The van der Waals surface area contributed by atoms with Gasteiger partial charge < -0.3 is 15.0 Å². The number of para-hydroxylation sites is 2. The number of anilines is 1. The third-order valence-corrected chi connectivity index (χ3v) is 4.29. The first-order valence-electron chi connectivity index (χ1n) is 7.48. The molecular formula is C16H20N2O3. The van der Waals surface area contributed by atoms with E-state index in [0.29, 0.717) is 5.75 Å². The van der Waals surface area contributed by atoms with E-state index in [0.717, 1.165) is 31.4 Å². The first-order chi connectivity index (χ1) is 10.2. The second-order valence-corrected chi connectivity index (χ2v) is 5.70. The van der Waals surface area contributed by atoms with Crippen molar-refractivity contribution in [3.63, 3.8) is 0 Å². The molecule has 0 aromatic heterocycles. The molecule has 5 nitrogen and oxygen atoms in total. The number of hydrogen-bond donors (Lipinski definition) is 1. The van der Waals surface area contributed by atoms with Crippen molar-refractivity contribution in [1.29, 1.82) is 0 Å². The van der Waals surface area contributed by atoms with Crippen LogP contribution in [-0.2, 0) is 9.59 Å². The van der Waals surface area contributed by atoms with Crippen LogP contribution >= 0.6 is 0 Å². The Morgan fingerprint density at radius 1 is 1.33 bits per heavy atom. The van der Waals surface area contributed by atoms with E-state index in [1.54, 1.807) is 11.9 Å². The minimum absolute atomic E-state index is 0.0467. The van der Waals surface area contributed by atoms with Gasteiger partial charge >= 0.3 is 0 Å². The number of carbonyl (C=O) groups is 2. The van der Waals surface area contributed by atoms with Gasteiger partial charge in [0.05, 0.1) is 12.2 Å². The zero-order valence-corrected chi connectivity index (χ0v) is 12.2. The topological polar surface area (TPSA) is 58.6 Å². The van der Waals surface area contributed by atoms with Crippen molar-refractivity contribution in [2.75, 3.05) is 18.5 Å². The molecule has 2 aliphatic rings. The van der Waals surface area contributed by atoms with E-state index >= 15 is 0 Å². The van der Waals surface area contributed by atoms with Crippen LogP contribution in [-0.4, -0.2) is 31.5 Å². The van der Waals surface area contributed by atoms with Gasteiger partial charge in [0.25, 0.3) is 5.91 Å². The fraction of sp³-hybridized carbons (Fsp3) is 0.500. The summed E-state index contributed by atoms with van der Waals surface area (Å²) in [4.78, 5) is 25.9. The van der Waals surface area contributed by atoms with Crippen molar-refractivity contribution in [2.45, 2.75) is 31.8 Å². The zero-order valence-electron chi connectivity index (χ0n) is 12.2. The number of nitrogens with one attached hydrogen (secondary N) is 1. The van der Waals surface area contributed by atoms with Crippen LogP contribution in [0.1, 0.15) is 25.7 Å². The average molecular weight is 288 g/mol. The molecule has 1 fully saturated rings. The number of ether oxygens (including phenoxy) is 1. The molecule has 0 spiro atoms. The lowest BCUT2D eigenvalue weighted by atomic mass is 10.1. The highest BCUT2D eigenvalue weighted by Gasteiger charge is 2.33. The van der Waals surface area contributed by atoms with E-state index in [4.69, 9.17) is 4.74 Å². The van der Waals surface area contributed by atoms with Crippen LogP contribution in [0.2, 0.25) is 0 Å². The number of amides is 2. The number of hydrogen-bond acceptors (Lipinski definition) is 3. The Morgan fingerprint density at radius 3 is 2.81 bits per heavy atom. The summed E-state index contributed by atoms with van der Waals surface area (Å²) in [5.74, 6) is 0.708.